The van der Waals surface area contributed by atoms with E-state index in [1.807, 2.05) is 6.07 Å². The maximum absolute atomic E-state index is 5.94. The maximum atomic E-state index is 5.94. The second-order valence-electron chi connectivity index (χ2n) is 4.46. The number of hydrogen-bond acceptors (Lipinski definition) is 3. The van der Waals surface area contributed by atoms with Crippen LogP contribution in [-0.2, 0) is 6.42 Å². The minimum Gasteiger partial charge on any atom is -0.367 e. The van der Waals surface area contributed by atoms with Gasteiger partial charge in [-0.2, -0.15) is 0 Å². The van der Waals surface area contributed by atoms with Crippen LogP contribution in [0.3, 0.4) is 0 Å². The summed E-state index contributed by atoms with van der Waals surface area (Å²) in [4.78, 5) is 8.55. The summed E-state index contributed by atoms with van der Waals surface area (Å²) in [6, 6.07) is 6.82. The lowest BCUT2D eigenvalue weighted by atomic mass is 10.1. The van der Waals surface area contributed by atoms with E-state index in [9.17, 15) is 0 Å². The first-order valence-electron chi connectivity index (χ1n) is 5.99. The molecule has 4 heteroatoms. The third kappa shape index (κ3) is 2.20. The molecule has 1 aliphatic rings. The maximum Gasteiger partial charge on any atom is 0.224 e. The number of anilines is 1. The van der Waals surface area contributed by atoms with Crippen LogP contribution in [0.15, 0.2) is 18.2 Å². The molecule has 17 heavy (non-hydrogen) atoms. The molecule has 1 heterocycles. The lowest BCUT2D eigenvalue weighted by molar-refractivity contribution is 1.10. The minimum absolute atomic E-state index is 0.310. The van der Waals surface area contributed by atoms with Crippen LogP contribution < -0.4 is 5.32 Å². The number of rotatable bonds is 3. The second kappa shape index (κ2) is 4.15. The summed E-state index contributed by atoms with van der Waals surface area (Å²) in [5.41, 5.74) is 2.20. The molecule has 2 aromatic rings. The largest absolute Gasteiger partial charge is 0.367 e. The summed E-state index contributed by atoms with van der Waals surface area (Å²) in [5, 5.41) is 4.80. The number of aromatic nitrogens is 2. The van der Waals surface area contributed by atoms with Crippen LogP contribution in [-0.4, -0.2) is 16.0 Å². The predicted molar refractivity (Wildman–Crippen MR) is 70.6 cm³/mol. The van der Waals surface area contributed by atoms with Crippen LogP contribution in [0.1, 0.15) is 25.3 Å². The van der Waals surface area contributed by atoms with Gasteiger partial charge in [0.2, 0.25) is 5.28 Å². The van der Waals surface area contributed by atoms with Crippen LogP contribution in [0, 0.1) is 0 Å². The molecule has 88 valence electrons. The van der Waals surface area contributed by atoms with Crippen molar-refractivity contribution in [1.82, 2.24) is 9.97 Å². The molecule has 1 aliphatic carbocycles. The van der Waals surface area contributed by atoms with E-state index < -0.39 is 0 Å². The number of nitrogens with one attached hydrogen (secondary N) is 1. The zero-order valence-electron chi connectivity index (χ0n) is 9.70. The van der Waals surface area contributed by atoms with Gasteiger partial charge in [-0.05, 0) is 48.6 Å². The molecule has 0 radical (unpaired) electrons. The van der Waals surface area contributed by atoms with Gasteiger partial charge in [-0.3, -0.25) is 0 Å². The molecule has 0 amide bonds. The fourth-order valence-electron chi connectivity index (χ4n) is 1.90. The lowest BCUT2D eigenvalue weighted by Gasteiger charge is -2.09. The third-order valence-corrected chi connectivity index (χ3v) is 3.23. The quantitative estimate of drug-likeness (QED) is 0.845. The van der Waals surface area contributed by atoms with Crippen molar-refractivity contribution in [2.75, 3.05) is 5.32 Å². The number of halogens is 1. The summed E-state index contributed by atoms with van der Waals surface area (Å²) in [5.74, 6) is 0.873. The van der Waals surface area contributed by atoms with Crippen molar-refractivity contribution in [1.29, 1.82) is 0 Å². The molecule has 0 atom stereocenters. The number of nitrogens with zero attached hydrogens (tertiary/aromatic N) is 2. The van der Waals surface area contributed by atoms with Gasteiger partial charge in [-0.15, -0.1) is 0 Å². The molecule has 0 saturated heterocycles. The van der Waals surface area contributed by atoms with E-state index in [2.05, 4.69) is 34.3 Å². The summed E-state index contributed by atoms with van der Waals surface area (Å²) < 4.78 is 0. The van der Waals surface area contributed by atoms with Crippen molar-refractivity contribution in [2.45, 2.75) is 32.2 Å². The molecule has 1 saturated carbocycles. The number of fused-ring (bicyclic) bond motifs is 1. The zero-order valence-corrected chi connectivity index (χ0v) is 10.5. The van der Waals surface area contributed by atoms with E-state index in [1.54, 1.807) is 0 Å². The fourth-order valence-corrected chi connectivity index (χ4v) is 2.07. The van der Waals surface area contributed by atoms with E-state index in [4.69, 9.17) is 11.6 Å². The zero-order chi connectivity index (χ0) is 11.8. The monoisotopic (exact) mass is 247 g/mol. The van der Waals surface area contributed by atoms with Crippen LogP contribution in [0.25, 0.3) is 10.9 Å². The van der Waals surface area contributed by atoms with Gasteiger partial charge in [0.25, 0.3) is 0 Å². The van der Waals surface area contributed by atoms with E-state index in [0.29, 0.717) is 11.3 Å². The highest BCUT2D eigenvalue weighted by molar-refractivity contribution is 6.28. The highest BCUT2D eigenvalue weighted by Gasteiger charge is 2.22. The fraction of sp³-hybridized carbons (Fsp3) is 0.385. The average Bonchev–Trinajstić information content (AvgIpc) is 3.12. The van der Waals surface area contributed by atoms with Crippen LogP contribution in [0.4, 0.5) is 5.82 Å². The van der Waals surface area contributed by atoms with Crippen LogP contribution in [0.5, 0.6) is 0 Å². The Morgan fingerprint density at radius 1 is 1.35 bits per heavy atom. The third-order valence-electron chi connectivity index (χ3n) is 3.06. The Labute approximate surface area is 105 Å². The standard InChI is InChI=1S/C13H14ClN3/c1-2-8-3-6-11-10(7-8)12(15-9-4-5-9)17-13(14)16-11/h3,6-7,9H,2,4-5H2,1H3,(H,15,16,17). The van der Waals surface area contributed by atoms with Gasteiger partial charge < -0.3 is 5.32 Å². The lowest BCUT2D eigenvalue weighted by Crippen LogP contribution is -2.05. The number of benzene rings is 1. The SMILES string of the molecule is CCc1ccc2nc(Cl)nc(NC3CC3)c2c1. The van der Waals surface area contributed by atoms with Gasteiger partial charge in [-0.25, -0.2) is 9.97 Å². The molecule has 1 aromatic carbocycles. The van der Waals surface area contributed by atoms with Gasteiger partial charge >= 0.3 is 0 Å². The van der Waals surface area contributed by atoms with E-state index >= 15 is 0 Å². The predicted octanol–water partition coefficient (Wildman–Crippen LogP) is 3.42. The molecule has 0 aliphatic heterocycles. The Balaban J connectivity index is 2.14. The molecule has 0 bridgehead atoms. The Morgan fingerprint density at radius 3 is 2.88 bits per heavy atom. The summed E-state index contributed by atoms with van der Waals surface area (Å²) >= 11 is 5.94. The molecule has 1 fully saturated rings. The van der Waals surface area contributed by atoms with Crippen LogP contribution in [0.2, 0.25) is 5.28 Å². The average molecular weight is 248 g/mol. The second-order valence-corrected chi connectivity index (χ2v) is 4.80. The highest BCUT2D eigenvalue weighted by atomic mass is 35.5. The molecule has 3 rings (SSSR count). The topological polar surface area (TPSA) is 37.8 Å². The van der Waals surface area contributed by atoms with E-state index in [0.717, 1.165) is 23.1 Å². The number of aryl methyl sites for hydroxylation is 1. The summed E-state index contributed by atoms with van der Waals surface area (Å²) in [6.45, 7) is 2.14. The van der Waals surface area contributed by atoms with Crippen molar-refractivity contribution in [3.05, 3.63) is 29.0 Å². The van der Waals surface area contributed by atoms with Gasteiger partial charge in [0, 0.05) is 11.4 Å². The first-order chi connectivity index (χ1) is 8.26. The van der Waals surface area contributed by atoms with Gasteiger partial charge in [0.15, 0.2) is 0 Å². The van der Waals surface area contributed by atoms with Crippen molar-refractivity contribution in [2.24, 2.45) is 0 Å². The Morgan fingerprint density at radius 2 is 2.18 bits per heavy atom. The highest BCUT2D eigenvalue weighted by Crippen LogP contribution is 2.29. The summed E-state index contributed by atoms with van der Waals surface area (Å²) in [7, 11) is 0. The van der Waals surface area contributed by atoms with E-state index in [1.165, 1.54) is 18.4 Å². The molecule has 1 aromatic heterocycles. The molecule has 0 unspecified atom stereocenters. The van der Waals surface area contributed by atoms with Gasteiger partial charge in [0.05, 0.1) is 5.52 Å². The van der Waals surface area contributed by atoms with Crippen LogP contribution >= 0.6 is 11.6 Å². The first kappa shape index (κ1) is 10.8. The van der Waals surface area contributed by atoms with Crippen molar-refractivity contribution in [3.8, 4) is 0 Å². The molecule has 0 spiro atoms. The van der Waals surface area contributed by atoms with Crippen molar-refractivity contribution < 1.29 is 0 Å². The normalized spacial score (nSPS) is 15.2. The van der Waals surface area contributed by atoms with Crippen molar-refractivity contribution >= 4 is 28.3 Å². The van der Waals surface area contributed by atoms with Crippen molar-refractivity contribution in [3.63, 3.8) is 0 Å². The van der Waals surface area contributed by atoms with E-state index in [-0.39, 0.29) is 0 Å². The Kier molecular flexibility index (Phi) is 2.63. The first-order valence-corrected chi connectivity index (χ1v) is 6.37. The molecular formula is C13H14ClN3. The van der Waals surface area contributed by atoms with Gasteiger partial charge in [-0.1, -0.05) is 13.0 Å². The summed E-state index contributed by atoms with van der Waals surface area (Å²) in [6.07, 6.45) is 3.45. The number of hydrogen-bond donors (Lipinski definition) is 1. The van der Waals surface area contributed by atoms with Gasteiger partial charge in [0.1, 0.15) is 5.82 Å². The smallest absolute Gasteiger partial charge is 0.224 e. The Bertz CT molecular complexity index is 564. The molecular weight excluding hydrogens is 234 g/mol. The Hall–Kier alpha value is -1.35. The minimum atomic E-state index is 0.310. The molecule has 1 N–H and O–H groups in total. The molecule has 3 nitrogen and oxygen atoms in total.